The fraction of sp³-hybridized carbons (Fsp3) is 0.235. The van der Waals surface area contributed by atoms with Crippen molar-refractivity contribution in [3.8, 4) is 11.5 Å². The summed E-state index contributed by atoms with van der Waals surface area (Å²) in [6.45, 7) is 1.60. The lowest BCUT2D eigenvalue weighted by molar-refractivity contribution is -0.137. The van der Waals surface area contributed by atoms with Crippen molar-refractivity contribution in [3.63, 3.8) is 0 Å². The first-order valence-electron chi connectivity index (χ1n) is 7.26. The number of phenols is 2. The number of benzene rings is 2. The van der Waals surface area contributed by atoms with Gasteiger partial charge in [0.1, 0.15) is 0 Å². The van der Waals surface area contributed by atoms with Gasteiger partial charge in [-0.2, -0.15) is 13.2 Å². The van der Waals surface area contributed by atoms with Gasteiger partial charge in [0.25, 0.3) is 0 Å². The Balaban J connectivity index is 2.09. The fourth-order valence-electron chi connectivity index (χ4n) is 2.23. The summed E-state index contributed by atoms with van der Waals surface area (Å²) in [6.07, 6.45) is -4.38. The number of halogens is 4. The van der Waals surface area contributed by atoms with Crippen LogP contribution in [0.3, 0.4) is 0 Å². The van der Waals surface area contributed by atoms with Crippen LogP contribution in [0.15, 0.2) is 36.4 Å². The number of carbonyl (C=O) groups excluding carboxylic acids is 1. The summed E-state index contributed by atoms with van der Waals surface area (Å²) in [5.41, 5.74) is -0.435. The minimum Gasteiger partial charge on any atom is -0.504 e. The van der Waals surface area contributed by atoms with Crippen LogP contribution in [0.25, 0.3) is 0 Å². The first-order chi connectivity index (χ1) is 11.6. The second-order valence-corrected chi connectivity index (χ2v) is 6.02. The Morgan fingerprint density at radius 3 is 2.44 bits per heavy atom. The molecule has 2 rings (SSSR count). The van der Waals surface area contributed by atoms with E-state index in [0.29, 0.717) is 5.56 Å². The molecule has 0 spiro atoms. The third-order valence-corrected chi connectivity index (χ3v) is 3.90. The Hall–Kier alpha value is -2.41. The number of alkyl halides is 3. The molecule has 0 bridgehead atoms. The van der Waals surface area contributed by atoms with E-state index in [0.717, 1.165) is 12.1 Å². The number of hydrogen-bond acceptors (Lipinski definition) is 3. The predicted octanol–water partition coefficient (Wildman–Crippen LogP) is 4.59. The molecule has 4 nitrogen and oxygen atoms in total. The summed E-state index contributed by atoms with van der Waals surface area (Å²) >= 11 is 5.54. The number of hydrogen-bond donors (Lipinski definition) is 3. The second-order valence-electron chi connectivity index (χ2n) is 5.61. The smallest absolute Gasteiger partial charge is 0.417 e. The van der Waals surface area contributed by atoms with Gasteiger partial charge in [0.15, 0.2) is 11.5 Å². The van der Waals surface area contributed by atoms with Crippen molar-refractivity contribution in [2.75, 3.05) is 5.32 Å². The normalized spacial score (nSPS) is 12.7. The zero-order valence-corrected chi connectivity index (χ0v) is 13.8. The standard InChI is InChI=1S/C17H15ClF3NO3/c1-9(6-10-2-5-14(23)15(24)7-10)16(25)22-11-3-4-13(18)12(8-11)17(19,20)21/h2-5,7-9,23-24H,6H2,1H3,(H,22,25). The first-order valence-corrected chi connectivity index (χ1v) is 7.64. The van der Waals surface area contributed by atoms with Gasteiger partial charge in [0, 0.05) is 11.6 Å². The lowest BCUT2D eigenvalue weighted by Crippen LogP contribution is -2.22. The summed E-state index contributed by atoms with van der Waals surface area (Å²) in [4.78, 5) is 12.2. The van der Waals surface area contributed by atoms with Crippen LogP contribution in [0, 0.1) is 5.92 Å². The molecule has 0 fully saturated rings. The number of phenolic OH excluding ortho intramolecular Hbond substituents is 2. The molecular formula is C17H15ClF3NO3. The van der Waals surface area contributed by atoms with Crippen LogP contribution in [-0.2, 0) is 17.4 Å². The van der Waals surface area contributed by atoms with E-state index in [4.69, 9.17) is 11.6 Å². The summed E-state index contributed by atoms with van der Waals surface area (Å²) in [7, 11) is 0. The highest BCUT2D eigenvalue weighted by Gasteiger charge is 2.33. The van der Waals surface area contributed by atoms with Gasteiger partial charge in [0.2, 0.25) is 5.91 Å². The van der Waals surface area contributed by atoms with Crippen molar-refractivity contribution in [1.82, 2.24) is 0 Å². The van der Waals surface area contributed by atoms with Gasteiger partial charge < -0.3 is 15.5 Å². The number of amides is 1. The quantitative estimate of drug-likeness (QED) is 0.687. The van der Waals surface area contributed by atoms with E-state index in [2.05, 4.69) is 5.32 Å². The van der Waals surface area contributed by atoms with Crippen molar-refractivity contribution in [2.45, 2.75) is 19.5 Å². The molecule has 0 heterocycles. The Morgan fingerprint density at radius 1 is 1.16 bits per heavy atom. The molecular weight excluding hydrogens is 359 g/mol. The Kier molecular flexibility index (Phi) is 5.47. The largest absolute Gasteiger partial charge is 0.504 e. The zero-order chi connectivity index (χ0) is 18.8. The zero-order valence-electron chi connectivity index (χ0n) is 13.1. The summed E-state index contributed by atoms with van der Waals surface area (Å²) in [6, 6.07) is 7.30. The monoisotopic (exact) mass is 373 g/mol. The topological polar surface area (TPSA) is 69.6 Å². The average Bonchev–Trinajstić information content (AvgIpc) is 2.51. The summed E-state index contributed by atoms with van der Waals surface area (Å²) in [5, 5.41) is 20.7. The minimum absolute atomic E-state index is 0.0119. The lowest BCUT2D eigenvalue weighted by atomic mass is 10.00. The van der Waals surface area contributed by atoms with E-state index in [1.165, 1.54) is 18.2 Å². The molecule has 8 heteroatoms. The molecule has 0 aliphatic carbocycles. The number of nitrogens with one attached hydrogen (secondary N) is 1. The van der Waals surface area contributed by atoms with Crippen LogP contribution in [0.2, 0.25) is 5.02 Å². The van der Waals surface area contributed by atoms with Gasteiger partial charge >= 0.3 is 6.18 Å². The highest BCUT2D eigenvalue weighted by atomic mass is 35.5. The predicted molar refractivity (Wildman–Crippen MR) is 87.7 cm³/mol. The molecule has 0 aliphatic heterocycles. The van der Waals surface area contributed by atoms with E-state index in [1.807, 2.05) is 0 Å². The number of carbonyl (C=O) groups is 1. The third-order valence-electron chi connectivity index (χ3n) is 3.57. The molecule has 25 heavy (non-hydrogen) atoms. The van der Waals surface area contributed by atoms with Crippen LogP contribution in [-0.4, -0.2) is 16.1 Å². The maximum absolute atomic E-state index is 12.8. The molecule has 0 aromatic heterocycles. The minimum atomic E-state index is -4.62. The van der Waals surface area contributed by atoms with E-state index in [-0.39, 0.29) is 23.6 Å². The summed E-state index contributed by atoms with van der Waals surface area (Å²) in [5.74, 6) is -1.64. The molecule has 0 saturated heterocycles. The first kappa shape index (κ1) is 18.9. The average molecular weight is 374 g/mol. The van der Waals surface area contributed by atoms with Crippen molar-refractivity contribution in [3.05, 3.63) is 52.5 Å². The molecule has 0 aliphatic rings. The Labute approximate surface area is 146 Å². The van der Waals surface area contributed by atoms with Crippen LogP contribution in [0.4, 0.5) is 18.9 Å². The van der Waals surface area contributed by atoms with E-state index < -0.39 is 28.6 Å². The van der Waals surface area contributed by atoms with Gasteiger partial charge in [0.05, 0.1) is 10.6 Å². The second kappa shape index (κ2) is 7.23. The molecule has 0 radical (unpaired) electrons. The van der Waals surface area contributed by atoms with E-state index >= 15 is 0 Å². The number of aromatic hydroxyl groups is 2. The molecule has 1 amide bonds. The molecule has 2 aromatic carbocycles. The van der Waals surface area contributed by atoms with Gasteiger partial charge in [-0.3, -0.25) is 4.79 Å². The Morgan fingerprint density at radius 2 is 1.84 bits per heavy atom. The molecule has 1 atom stereocenters. The fourth-order valence-corrected chi connectivity index (χ4v) is 2.45. The van der Waals surface area contributed by atoms with Gasteiger partial charge in [-0.25, -0.2) is 0 Å². The van der Waals surface area contributed by atoms with Crippen LogP contribution < -0.4 is 5.32 Å². The van der Waals surface area contributed by atoms with Crippen molar-refractivity contribution in [1.29, 1.82) is 0 Å². The van der Waals surface area contributed by atoms with Crippen LogP contribution in [0.5, 0.6) is 11.5 Å². The van der Waals surface area contributed by atoms with Gasteiger partial charge in [-0.1, -0.05) is 24.6 Å². The maximum atomic E-state index is 12.8. The SMILES string of the molecule is CC(Cc1ccc(O)c(O)c1)C(=O)Nc1ccc(Cl)c(C(F)(F)F)c1. The number of anilines is 1. The van der Waals surface area contributed by atoms with E-state index in [1.54, 1.807) is 13.0 Å². The van der Waals surface area contributed by atoms with Crippen LogP contribution in [0.1, 0.15) is 18.1 Å². The van der Waals surface area contributed by atoms with Gasteiger partial charge in [-0.05, 0) is 42.3 Å². The third kappa shape index (κ3) is 4.79. The van der Waals surface area contributed by atoms with Crippen LogP contribution >= 0.6 is 11.6 Å². The van der Waals surface area contributed by atoms with Gasteiger partial charge in [-0.15, -0.1) is 0 Å². The Bertz CT molecular complexity index is 793. The number of rotatable bonds is 4. The highest BCUT2D eigenvalue weighted by Crippen LogP contribution is 2.36. The van der Waals surface area contributed by atoms with Crippen molar-refractivity contribution >= 4 is 23.2 Å². The molecule has 3 N–H and O–H groups in total. The lowest BCUT2D eigenvalue weighted by Gasteiger charge is -2.15. The van der Waals surface area contributed by atoms with Crippen molar-refractivity contribution in [2.24, 2.45) is 5.92 Å². The molecule has 2 aromatic rings. The summed E-state index contributed by atoms with van der Waals surface area (Å²) < 4.78 is 38.5. The van der Waals surface area contributed by atoms with Crippen molar-refractivity contribution < 1.29 is 28.2 Å². The van der Waals surface area contributed by atoms with E-state index in [9.17, 15) is 28.2 Å². The maximum Gasteiger partial charge on any atom is 0.417 e. The highest BCUT2D eigenvalue weighted by molar-refractivity contribution is 6.31. The molecule has 0 saturated carbocycles. The molecule has 134 valence electrons. The molecule has 1 unspecified atom stereocenters.